The Kier molecular flexibility index (Phi) is 6.66. The van der Waals surface area contributed by atoms with Gasteiger partial charge in [-0.15, -0.1) is 11.8 Å². The smallest absolute Gasteiger partial charge is 0.239 e. The second-order valence-electron chi connectivity index (χ2n) is 7.10. The molecule has 0 bridgehead atoms. The Bertz CT molecular complexity index is 997. The second kappa shape index (κ2) is 9.59. The van der Waals surface area contributed by atoms with Gasteiger partial charge in [-0.25, -0.2) is 4.98 Å². The fourth-order valence-electron chi connectivity index (χ4n) is 3.31. The molecule has 4 rings (SSSR count). The average Bonchev–Trinajstić information content (AvgIpc) is 3.40. The number of carbonyl (C=O) groups excluding carboxylic acids is 2. The predicted octanol–water partition coefficient (Wildman–Crippen LogP) is 4.56. The average molecular weight is 442 g/mol. The van der Waals surface area contributed by atoms with Crippen molar-refractivity contribution >= 4 is 55.9 Å². The highest BCUT2D eigenvalue weighted by atomic mass is 32.2. The van der Waals surface area contributed by atoms with Crippen LogP contribution < -0.4 is 10.2 Å². The molecule has 0 aliphatic carbocycles. The van der Waals surface area contributed by atoms with Gasteiger partial charge in [0.25, 0.3) is 0 Å². The van der Waals surface area contributed by atoms with Crippen molar-refractivity contribution in [2.45, 2.75) is 30.8 Å². The zero-order valence-electron chi connectivity index (χ0n) is 16.7. The van der Waals surface area contributed by atoms with Crippen molar-refractivity contribution in [2.75, 3.05) is 29.1 Å². The SMILES string of the molecule is CC(=O)Nc1ccc(SCC(=O)N(CC2CCCO2)c2nc3ccccc3s2)cc1. The summed E-state index contributed by atoms with van der Waals surface area (Å²) in [6.45, 7) is 2.76. The first-order valence-corrected chi connectivity index (χ1v) is 11.7. The van der Waals surface area contributed by atoms with Crippen molar-refractivity contribution in [3.05, 3.63) is 48.5 Å². The van der Waals surface area contributed by atoms with Crippen molar-refractivity contribution in [3.8, 4) is 0 Å². The molecule has 0 spiro atoms. The fourth-order valence-corrected chi connectivity index (χ4v) is 5.08. The standard InChI is InChI=1S/C22H23N3O3S2/c1-15(26)23-16-8-10-18(11-9-16)29-14-21(27)25(13-17-5-4-12-28-17)22-24-19-6-2-3-7-20(19)30-22/h2-3,6-11,17H,4-5,12-14H2,1H3,(H,23,26). The number of para-hydroxylation sites is 1. The molecule has 1 aliphatic heterocycles. The number of ether oxygens (including phenoxy) is 1. The van der Waals surface area contributed by atoms with E-state index in [9.17, 15) is 9.59 Å². The van der Waals surface area contributed by atoms with Gasteiger partial charge in [0, 0.05) is 24.1 Å². The van der Waals surface area contributed by atoms with Crippen LogP contribution in [0.4, 0.5) is 10.8 Å². The van der Waals surface area contributed by atoms with Crippen LogP contribution in [0.1, 0.15) is 19.8 Å². The van der Waals surface area contributed by atoms with Gasteiger partial charge in [-0.3, -0.25) is 14.5 Å². The molecule has 2 aromatic carbocycles. The number of rotatable bonds is 7. The van der Waals surface area contributed by atoms with Gasteiger partial charge in [0.2, 0.25) is 11.8 Å². The molecule has 2 amide bonds. The van der Waals surface area contributed by atoms with Crippen LogP contribution in [-0.4, -0.2) is 41.8 Å². The first-order valence-electron chi connectivity index (χ1n) is 9.86. The third-order valence-corrected chi connectivity index (χ3v) is 6.82. The number of nitrogens with zero attached hydrogens (tertiary/aromatic N) is 2. The molecule has 1 unspecified atom stereocenters. The zero-order valence-corrected chi connectivity index (χ0v) is 18.3. The van der Waals surface area contributed by atoms with Crippen LogP contribution in [0.5, 0.6) is 0 Å². The summed E-state index contributed by atoms with van der Waals surface area (Å²) < 4.78 is 6.85. The van der Waals surface area contributed by atoms with E-state index in [1.165, 1.54) is 30.0 Å². The summed E-state index contributed by atoms with van der Waals surface area (Å²) in [7, 11) is 0. The van der Waals surface area contributed by atoms with Crippen molar-refractivity contribution in [1.29, 1.82) is 0 Å². The highest BCUT2D eigenvalue weighted by Gasteiger charge is 2.26. The number of benzene rings is 2. The van der Waals surface area contributed by atoms with Gasteiger partial charge >= 0.3 is 0 Å². The molecule has 1 atom stereocenters. The van der Waals surface area contributed by atoms with Gasteiger partial charge in [-0.2, -0.15) is 0 Å². The lowest BCUT2D eigenvalue weighted by atomic mass is 10.2. The molecule has 0 radical (unpaired) electrons. The lowest BCUT2D eigenvalue weighted by Gasteiger charge is -2.23. The number of nitrogens with one attached hydrogen (secondary N) is 1. The van der Waals surface area contributed by atoms with Gasteiger partial charge in [0.1, 0.15) is 0 Å². The molecule has 1 aromatic heterocycles. The number of anilines is 2. The maximum absolute atomic E-state index is 13.2. The number of thioether (sulfide) groups is 1. The molecule has 6 nitrogen and oxygen atoms in total. The van der Waals surface area contributed by atoms with E-state index in [0.717, 1.165) is 45.4 Å². The molecule has 1 fully saturated rings. The molecule has 2 heterocycles. The summed E-state index contributed by atoms with van der Waals surface area (Å²) >= 11 is 3.01. The molecular weight excluding hydrogens is 418 g/mol. The van der Waals surface area contributed by atoms with Crippen molar-refractivity contribution in [1.82, 2.24) is 4.98 Å². The van der Waals surface area contributed by atoms with E-state index in [0.29, 0.717) is 12.3 Å². The number of carbonyl (C=O) groups is 2. The van der Waals surface area contributed by atoms with Crippen LogP contribution in [0, 0.1) is 0 Å². The van der Waals surface area contributed by atoms with Crippen LogP contribution >= 0.6 is 23.1 Å². The van der Waals surface area contributed by atoms with E-state index in [2.05, 4.69) is 10.3 Å². The Morgan fingerprint density at radius 2 is 2.03 bits per heavy atom. The summed E-state index contributed by atoms with van der Waals surface area (Å²) in [6.07, 6.45) is 2.05. The van der Waals surface area contributed by atoms with Gasteiger partial charge in [-0.1, -0.05) is 23.5 Å². The minimum atomic E-state index is -0.105. The van der Waals surface area contributed by atoms with E-state index in [1.807, 2.05) is 48.5 Å². The van der Waals surface area contributed by atoms with E-state index in [4.69, 9.17) is 4.74 Å². The van der Waals surface area contributed by atoms with Gasteiger partial charge < -0.3 is 10.1 Å². The lowest BCUT2D eigenvalue weighted by molar-refractivity contribution is -0.116. The predicted molar refractivity (Wildman–Crippen MR) is 122 cm³/mol. The minimum absolute atomic E-state index is 0.0143. The van der Waals surface area contributed by atoms with Crippen LogP contribution in [0.25, 0.3) is 10.2 Å². The number of hydrogen-bond acceptors (Lipinski definition) is 6. The molecule has 8 heteroatoms. The molecule has 3 aromatic rings. The van der Waals surface area contributed by atoms with Crippen molar-refractivity contribution in [2.24, 2.45) is 0 Å². The third-order valence-electron chi connectivity index (χ3n) is 4.76. The van der Waals surface area contributed by atoms with Crippen molar-refractivity contribution in [3.63, 3.8) is 0 Å². The van der Waals surface area contributed by atoms with Crippen LogP contribution in [0.15, 0.2) is 53.4 Å². The van der Waals surface area contributed by atoms with E-state index < -0.39 is 0 Å². The second-order valence-corrected chi connectivity index (χ2v) is 9.16. The number of thiazole rings is 1. The summed E-state index contributed by atoms with van der Waals surface area (Å²) in [4.78, 5) is 31.7. The van der Waals surface area contributed by atoms with Gasteiger partial charge in [-0.05, 0) is 49.2 Å². The Labute approximate surface area is 183 Å². The number of amides is 2. The summed E-state index contributed by atoms with van der Waals surface area (Å²) in [5, 5.41) is 3.47. The highest BCUT2D eigenvalue weighted by Crippen LogP contribution is 2.31. The van der Waals surface area contributed by atoms with E-state index in [1.54, 1.807) is 4.90 Å². The number of hydrogen-bond donors (Lipinski definition) is 1. The van der Waals surface area contributed by atoms with E-state index in [-0.39, 0.29) is 17.9 Å². The summed E-state index contributed by atoms with van der Waals surface area (Å²) in [6, 6.07) is 15.4. The third kappa shape index (κ3) is 5.19. The van der Waals surface area contributed by atoms with Crippen LogP contribution in [0.3, 0.4) is 0 Å². The normalized spacial score (nSPS) is 16.0. The Morgan fingerprint density at radius 1 is 1.23 bits per heavy atom. The highest BCUT2D eigenvalue weighted by molar-refractivity contribution is 8.00. The zero-order chi connectivity index (χ0) is 20.9. The Morgan fingerprint density at radius 3 is 2.73 bits per heavy atom. The Balaban J connectivity index is 1.46. The quantitative estimate of drug-likeness (QED) is 0.544. The number of aromatic nitrogens is 1. The van der Waals surface area contributed by atoms with Gasteiger partial charge in [0.15, 0.2) is 5.13 Å². The lowest BCUT2D eigenvalue weighted by Crippen LogP contribution is -2.38. The molecular formula is C22H23N3O3S2. The largest absolute Gasteiger partial charge is 0.376 e. The fraction of sp³-hybridized carbons (Fsp3) is 0.318. The Hall–Kier alpha value is -2.42. The molecule has 1 aliphatic rings. The molecule has 1 saturated heterocycles. The summed E-state index contributed by atoms with van der Waals surface area (Å²) in [5.74, 6) is 0.217. The van der Waals surface area contributed by atoms with Crippen LogP contribution in [0.2, 0.25) is 0 Å². The monoisotopic (exact) mass is 441 g/mol. The van der Waals surface area contributed by atoms with Gasteiger partial charge in [0.05, 0.1) is 28.6 Å². The first kappa shape index (κ1) is 20.8. The molecule has 30 heavy (non-hydrogen) atoms. The summed E-state index contributed by atoms with van der Waals surface area (Å²) in [5.41, 5.74) is 1.65. The molecule has 1 N–H and O–H groups in total. The van der Waals surface area contributed by atoms with Crippen molar-refractivity contribution < 1.29 is 14.3 Å². The van der Waals surface area contributed by atoms with Crippen LogP contribution in [-0.2, 0) is 14.3 Å². The molecule has 0 saturated carbocycles. The maximum Gasteiger partial charge on any atom is 0.239 e. The molecule has 156 valence electrons. The topological polar surface area (TPSA) is 71.5 Å². The number of fused-ring (bicyclic) bond motifs is 1. The van der Waals surface area contributed by atoms with E-state index >= 15 is 0 Å². The first-order chi connectivity index (χ1) is 14.6. The minimum Gasteiger partial charge on any atom is -0.376 e. The maximum atomic E-state index is 13.2.